The Bertz CT molecular complexity index is 527. The van der Waals surface area contributed by atoms with Crippen LogP contribution in [-0.2, 0) is 16.1 Å². The molecule has 1 aromatic rings. The molecular weight excluding hydrogens is 314 g/mol. The van der Waals surface area contributed by atoms with Crippen LogP contribution in [0.1, 0.15) is 44.1 Å². The van der Waals surface area contributed by atoms with E-state index in [4.69, 9.17) is 17.3 Å². The fourth-order valence-corrected chi connectivity index (χ4v) is 3.07. The summed E-state index contributed by atoms with van der Waals surface area (Å²) in [5.74, 6) is -0.765. The number of carbonyl (C=O) groups is 2. The normalized spacial score (nSPS) is 16.8. The maximum atomic E-state index is 12.0. The molecule has 0 spiro atoms. The Morgan fingerprint density at radius 3 is 2.48 bits per heavy atom. The molecule has 0 radical (unpaired) electrons. The fourth-order valence-electron chi connectivity index (χ4n) is 2.95. The average Bonchev–Trinajstić information content (AvgIpc) is 2.56. The van der Waals surface area contributed by atoms with E-state index in [1.165, 1.54) is 19.3 Å². The summed E-state index contributed by atoms with van der Waals surface area (Å²) in [5, 5.41) is 0.654. The van der Waals surface area contributed by atoms with Gasteiger partial charge in [0.1, 0.15) is 0 Å². The summed E-state index contributed by atoms with van der Waals surface area (Å²) >= 11 is 5.80. The smallest absolute Gasteiger partial charge is 0.303 e. The Labute approximate surface area is 141 Å². The summed E-state index contributed by atoms with van der Waals surface area (Å²) in [7, 11) is 0. The molecule has 0 heterocycles. The number of nitrogens with one attached hydrogen (secondary N) is 2. The van der Waals surface area contributed by atoms with Crippen molar-refractivity contribution >= 4 is 23.3 Å². The van der Waals surface area contributed by atoms with Gasteiger partial charge in [-0.15, -0.1) is 0 Å². The Kier molecular flexibility index (Phi) is 7.02. The van der Waals surface area contributed by atoms with Gasteiger partial charge in [-0.05, 0) is 30.0 Å². The largest absolute Gasteiger partial charge is 0.321 e. The van der Waals surface area contributed by atoms with Crippen molar-refractivity contribution in [1.82, 2.24) is 10.9 Å². The van der Waals surface area contributed by atoms with Crippen LogP contribution >= 0.6 is 11.6 Å². The summed E-state index contributed by atoms with van der Waals surface area (Å²) in [6.45, 7) is 0.411. The summed E-state index contributed by atoms with van der Waals surface area (Å²) in [6.07, 6.45) is 6.47. The third-order valence-electron chi connectivity index (χ3n) is 4.28. The molecule has 1 amide bonds. The molecule has 0 saturated heterocycles. The second-order valence-electron chi connectivity index (χ2n) is 6.14. The van der Waals surface area contributed by atoms with Crippen molar-refractivity contribution in [3.05, 3.63) is 34.9 Å². The van der Waals surface area contributed by atoms with E-state index >= 15 is 0 Å². The van der Waals surface area contributed by atoms with Gasteiger partial charge in [0.15, 0.2) is 0 Å². The van der Waals surface area contributed by atoms with Gasteiger partial charge in [0.25, 0.3) is 0 Å². The third-order valence-corrected chi connectivity index (χ3v) is 4.53. The minimum absolute atomic E-state index is 0.411. The molecule has 1 atom stereocenters. The SMILES string of the molecule is N[C@H](CC1CCCCC1)C(=O)C(=O)NNCc1ccc(Cl)cc1. The Morgan fingerprint density at radius 2 is 1.83 bits per heavy atom. The number of Topliss-reactive ketones (excluding diaryl/α,β-unsaturated/α-hetero) is 1. The number of amides is 1. The maximum absolute atomic E-state index is 12.0. The molecule has 2 rings (SSSR count). The molecule has 4 N–H and O–H groups in total. The van der Waals surface area contributed by atoms with Crippen molar-refractivity contribution in [2.24, 2.45) is 11.7 Å². The molecule has 1 aromatic carbocycles. The Hall–Kier alpha value is -1.43. The zero-order valence-corrected chi connectivity index (χ0v) is 13.9. The third kappa shape index (κ3) is 5.94. The van der Waals surface area contributed by atoms with Crippen LogP contribution in [0.4, 0.5) is 0 Å². The van der Waals surface area contributed by atoms with E-state index in [0.717, 1.165) is 18.4 Å². The molecule has 6 heteroatoms. The molecule has 0 aromatic heterocycles. The van der Waals surface area contributed by atoms with Gasteiger partial charge < -0.3 is 5.73 Å². The highest BCUT2D eigenvalue weighted by Crippen LogP contribution is 2.27. The minimum atomic E-state index is -0.713. The van der Waals surface area contributed by atoms with E-state index < -0.39 is 17.7 Å². The van der Waals surface area contributed by atoms with Crippen molar-refractivity contribution in [3.63, 3.8) is 0 Å². The fraction of sp³-hybridized carbons (Fsp3) is 0.529. The van der Waals surface area contributed by atoms with Crippen LogP contribution in [0.2, 0.25) is 5.02 Å². The molecule has 1 fully saturated rings. The topological polar surface area (TPSA) is 84.2 Å². The average molecular weight is 338 g/mol. The van der Waals surface area contributed by atoms with Crippen LogP contribution in [-0.4, -0.2) is 17.7 Å². The van der Waals surface area contributed by atoms with E-state index in [0.29, 0.717) is 23.9 Å². The highest BCUT2D eigenvalue weighted by atomic mass is 35.5. The summed E-state index contributed by atoms with van der Waals surface area (Å²) in [6, 6.07) is 6.52. The first-order valence-corrected chi connectivity index (χ1v) is 8.51. The zero-order chi connectivity index (χ0) is 16.7. The number of rotatable bonds is 7. The van der Waals surface area contributed by atoms with Crippen molar-refractivity contribution in [3.8, 4) is 0 Å². The number of hydrogen-bond donors (Lipinski definition) is 3. The molecule has 23 heavy (non-hydrogen) atoms. The van der Waals surface area contributed by atoms with Gasteiger partial charge in [-0.25, -0.2) is 5.43 Å². The lowest BCUT2D eigenvalue weighted by Crippen LogP contribution is -2.48. The maximum Gasteiger partial charge on any atom is 0.303 e. The van der Waals surface area contributed by atoms with Gasteiger partial charge in [-0.2, -0.15) is 0 Å². The summed E-state index contributed by atoms with van der Waals surface area (Å²) < 4.78 is 0. The lowest BCUT2D eigenvalue weighted by atomic mass is 9.84. The molecule has 1 aliphatic carbocycles. The molecule has 0 bridgehead atoms. The van der Waals surface area contributed by atoms with Gasteiger partial charge in [0, 0.05) is 11.6 Å². The standard InChI is InChI=1S/C17H24ClN3O2/c18-14-8-6-13(7-9-14)11-20-21-17(23)16(22)15(19)10-12-4-2-1-3-5-12/h6-9,12,15,20H,1-5,10-11,19H2,(H,21,23)/t15-/m1/s1. The van der Waals surface area contributed by atoms with Crippen molar-refractivity contribution in [2.45, 2.75) is 51.1 Å². The molecule has 0 aliphatic heterocycles. The van der Waals surface area contributed by atoms with Crippen LogP contribution in [0.3, 0.4) is 0 Å². The van der Waals surface area contributed by atoms with Gasteiger partial charge in [0.2, 0.25) is 5.78 Å². The Balaban J connectivity index is 1.71. The van der Waals surface area contributed by atoms with Crippen molar-refractivity contribution < 1.29 is 9.59 Å². The number of hydrazine groups is 1. The summed E-state index contributed by atoms with van der Waals surface area (Å²) in [5.41, 5.74) is 12.0. The van der Waals surface area contributed by atoms with Crippen molar-refractivity contribution in [1.29, 1.82) is 0 Å². The van der Waals surface area contributed by atoms with Gasteiger partial charge >= 0.3 is 5.91 Å². The lowest BCUT2D eigenvalue weighted by Gasteiger charge is -2.23. The number of hydrogen-bond acceptors (Lipinski definition) is 4. The summed E-state index contributed by atoms with van der Waals surface area (Å²) in [4.78, 5) is 23.9. The molecule has 1 aliphatic rings. The van der Waals surface area contributed by atoms with E-state index in [1.807, 2.05) is 12.1 Å². The number of nitrogens with two attached hydrogens (primary N) is 1. The Morgan fingerprint density at radius 1 is 1.17 bits per heavy atom. The van der Waals surface area contributed by atoms with E-state index in [1.54, 1.807) is 12.1 Å². The lowest BCUT2D eigenvalue weighted by molar-refractivity contribution is -0.139. The van der Waals surface area contributed by atoms with Gasteiger partial charge in [-0.3, -0.25) is 15.0 Å². The van der Waals surface area contributed by atoms with Crippen LogP contribution < -0.4 is 16.6 Å². The first-order valence-electron chi connectivity index (χ1n) is 8.13. The molecule has 0 unspecified atom stereocenters. The first-order chi connectivity index (χ1) is 11.1. The van der Waals surface area contributed by atoms with E-state index in [-0.39, 0.29) is 0 Å². The first kappa shape index (κ1) is 17.9. The number of carbonyl (C=O) groups excluding carboxylic acids is 2. The molecule has 126 valence electrons. The number of benzene rings is 1. The highest BCUT2D eigenvalue weighted by Gasteiger charge is 2.25. The second kappa shape index (κ2) is 9.01. The predicted octanol–water partition coefficient (Wildman–Crippen LogP) is 2.33. The van der Waals surface area contributed by atoms with Crippen LogP contribution in [0.25, 0.3) is 0 Å². The van der Waals surface area contributed by atoms with E-state index in [2.05, 4.69) is 10.9 Å². The van der Waals surface area contributed by atoms with E-state index in [9.17, 15) is 9.59 Å². The number of halogens is 1. The minimum Gasteiger partial charge on any atom is -0.321 e. The zero-order valence-electron chi connectivity index (χ0n) is 13.2. The van der Waals surface area contributed by atoms with Gasteiger partial charge in [-0.1, -0.05) is 55.8 Å². The number of ketones is 1. The second-order valence-corrected chi connectivity index (χ2v) is 6.58. The quantitative estimate of drug-likeness (QED) is 0.526. The van der Waals surface area contributed by atoms with Crippen LogP contribution in [0, 0.1) is 5.92 Å². The van der Waals surface area contributed by atoms with Crippen LogP contribution in [0.15, 0.2) is 24.3 Å². The monoisotopic (exact) mass is 337 g/mol. The van der Waals surface area contributed by atoms with Crippen LogP contribution in [0.5, 0.6) is 0 Å². The molecule has 1 saturated carbocycles. The molecule has 5 nitrogen and oxygen atoms in total. The van der Waals surface area contributed by atoms with Gasteiger partial charge in [0.05, 0.1) is 6.04 Å². The molecular formula is C17H24ClN3O2. The predicted molar refractivity (Wildman–Crippen MR) is 90.6 cm³/mol. The van der Waals surface area contributed by atoms with Crippen molar-refractivity contribution in [2.75, 3.05) is 0 Å². The highest BCUT2D eigenvalue weighted by molar-refractivity contribution is 6.37.